The molecular weight excluding hydrogens is 206 g/mol. The molecule has 1 aromatic carbocycles. The molecule has 17 heavy (non-hydrogen) atoms. The first-order valence-corrected chi connectivity index (χ1v) is 7.02. The highest BCUT2D eigenvalue weighted by Gasteiger charge is 2.23. The van der Waals surface area contributed by atoms with Crippen LogP contribution in [0.5, 0.6) is 0 Å². The zero-order valence-corrected chi connectivity index (χ0v) is 11.4. The molecule has 0 spiro atoms. The van der Waals surface area contributed by atoms with Crippen molar-refractivity contribution in [1.82, 2.24) is 5.32 Å². The number of benzene rings is 1. The van der Waals surface area contributed by atoms with Crippen molar-refractivity contribution in [1.29, 1.82) is 0 Å². The minimum absolute atomic E-state index is 0.560. The molecule has 1 aliphatic carbocycles. The van der Waals surface area contributed by atoms with Crippen molar-refractivity contribution < 1.29 is 0 Å². The van der Waals surface area contributed by atoms with Gasteiger partial charge in [-0.2, -0.15) is 0 Å². The van der Waals surface area contributed by atoms with E-state index in [1.807, 2.05) is 0 Å². The van der Waals surface area contributed by atoms with E-state index >= 15 is 0 Å². The third-order valence-electron chi connectivity index (χ3n) is 4.27. The van der Waals surface area contributed by atoms with Crippen LogP contribution in [0.3, 0.4) is 0 Å². The third-order valence-corrected chi connectivity index (χ3v) is 4.27. The first kappa shape index (κ1) is 12.6. The first-order valence-electron chi connectivity index (χ1n) is 7.02. The van der Waals surface area contributed by atoms with Crippen LogP contribution in [0.15, 0.2) is 18.2 Å². The van der Waals surface area contributed by atoms with Crippen molar-refractivity contribution >= 4 is 0 Å². The smallest absolute Gasteiger partial charge is 0.0325 e. The summed E-state index contributed by atoms with van der Waals surface area (Å²) in [5.41, 5.74) is 4.40. The maximum atomic E-state index is 3.67. The summed E-state index contributed by atoms with van der Waals surface area (Å²) >= 11 is 0. The second-order valence-corrected chi connectivity index (χ2v) is 5.43. The lowest BCUT2D eigenvalue weighted by Gasteiger charge is -2.31. The molecule has 1 fully saturated rings. The summed E-state index contributed by atoms with van der Waals surface area (Å²) in [5.74, 6) is 0.957. The Labute approximate surface area is 106 Å². The first-order chi connectivity index (χ1) is 8.22. The normalized spacial score (nSPS) is 17.8. The molecule has 0 aliphatic heterocycles. The molecule has 0 radical (unpaired) electrons. The Morgan fingerprint density at radius 1 is 1.29 bits per heavy atom. The third kappa shape index (κ3) is 2.90. The van der Waals surface area contributed by atoms with Gasteiger partial charge in [-0.05, 0) is 49.4 Å². The van der Waals surface area contributed by atoms with Crippen LogP contribution in [0.25, 0.3) is 0 Å². The second kappa shape index (κ2) is 5.68. The SMILES string of the molecule is CCNC(CC1CCC1)c1cccc(C)c1C. The van der Waals surface area contributed by atoms with E-state index < -0.39 is 0 Å². The van der Waals surface area contributed by atoms with Gasteiger partial charge in [-0.1, -0.05) is 44.4 Å². The lowest BCUT2D eigenvalue weighted by atomic mass is 9.79. The van der Waals surface area contributed by atoms with Gasteiger partial charge >= 0.3 is 0 Å². The summed E-state index contributed by atoms with van der Waals surface area (Å²) in [5, 5.41) is 3.67. The molecule has 94 valence electrons. The largest absolute Gasteiger partial charge is 0.310 e. The zero-order chi connectivity index (χ0) is 12.3. The number of hydrogen-bond acceptors (Lipinski definition) is 1. The lowest BCUT2D eigenvalue weighted by Crippen LogP contribution is -2.26. The van der Waals surface area contributed by atoms with Gasteiger partial charge < -0.3 is 5.32 Å². The summed E-state index contributed by atoms with van der Waals surface area (Å²) in [6, 6.07) is 7.27. The predicted molar refractivity (Wildman–Crippen MR) is 74.3 cm³/mol. The number of nitrogens with one attached hydrogen (secondary N) is 1. The van der Waals surface area contributed by atoms with Crippen LogP contribution in [0.2, 0.25) is 0 Å². The highest BCUT2D eigenvalue weighted by molar-refractivity contribution is 5.35. The van der Waals surface area contributed by atoms with Crippen molar-refractivity contribution in [3.8, 4) is 0 Å². The molecule has 1 nitrogen and oxygen atoms in total. The van der Waals surface area contributed by atoms with Gasteiger partial charge in [0.2, 0.25) is 0 Å². The van der Waals surface area contributed by atoms with Gasteiger partial charge in [-0.15, -0.1) is 0 Å². The van der Waals surface area contributed by atoms with Crippen LogP contribution in [0.1, 0.15) is 55.3 Å². The van der Waals surface area contributed by atoms with E-state index in [2.05, 4.69) is 44.3 Å². The van der Waals surface area contributed by atoms with E-state index in [1.54, 1.807) is 0 Å². The van der Waals surface area contributed by atoms with Crippen LogP contribution in [-0.4, -0.2) is 6.54 Å². The van der Waals surface area contributed by atoms with E-state index in [1.165, 1.54) is 42.4 Å². The maximum Gasteiger partial charge on any atom is 0.0325 e. The van der Waals surface area contributed by atoms with Crippen molar-refractivity contribution in [3.05, 3.63) is 34.9 Å². The Balaban J connectivity index is 2.15. The summed E-state index contributed by atoms with van der Waals surface area (Å²) < 4.78 is 0. The van der Waals surface area contributed by atoms with E-state index in [0.717, 1.165) is 12.5 Å². The summed E-state index contributed by atoms with van der Waals surface area (Å²) in [7, 11) is 0. The predicted octanol–water partition coefficient (Wildman–Crippen LogP) is 4.14. The van der Waals surface area contributed by atoms with Gasteiger partial charge in [-0.25, -0.2) is 0 Å². The molecule has 0 bridgehead atoms. The van der Waals surface area contributed by atoms with Crippen LogP contribution >= 0.6 is 0 Å². The van der Waals surface area contributed by atoms with Gasteiger partial charge in [0.15, 0.2) is 0 Å². The Hall–Kier alpha value is -0.820. The molecule has 1 aliphatic rings. The van der Waals surface area contributed by atoms with Crippen LogP contribution in [0, 0.1) is 19.8 Å². The zero-order valence-electron chi connectivity index (χ0n) is 11.4. The molecular formula is C16H25N. The molecule has 2 rings (SSSR count). The summed E-state index contributed by atoms with van der Waals surface area (Å²) in [6.07, 6.45) is 5.63. The highest BCUT2D eigenvalue weighted by Crippen LogP contribution is 2.35. The monoisotopic (exact) mass is 231 g/mol. The average Bonchev–Trinajstić information content (AvgIpc) is 2.26. The molecule has 1 aromatic rings. The fraction of sp³-hybridized carbons (Fsp3) is 0.625. The van der Waals surface area contributed by atoms with Gasteiger partial charge in [0, 0.05) is 6.04 Å². The minimum Gasteiger partial charge on any atom is -0.310 e. The molecule has 0 saturated heterocycles. The molecule has 0 amide bonds. The van der Waals surface area contributed by atoms with Crippen molar-refractivity contribution in [2.75, 3.05) is 6.54 Å². The quantitative estimate of drug-likeness (QED) is 0.803. The summed E-state index contributed by atoms with van der Waals surface area (Å²) in [6.45, 7) is 7.74. The summed E-state index contributed by atoms with van der Waals surface area (Å²) in [4.78, 5) is 0. The van der Waals surface area contributed by atoms with Crippen LogP contribution in [0.4, 0.5) is 0 Å². The maximum absolute atomic E-state index is 3.67. The average molecular weight is 231 g/mol. The fourth-order valence-corrected chi connectivity index (χ4v) is 2.78. The number of aryl methyl sites for hydroxylation is 1. The van der Waals surface area contributed by atoms with Crippen molar-refractivity contribution in [2.45, 2.75) is 52.5 Å². The molecule has 1 atom stereocenters. The molecule has 1 heteroatoms. The standard InChI is InChI=1S/C16H25N/c1-4-17-16(11-14-8-6-9-14)15-10-5-7-12(2)13(15)3/h5,7,10,14,16-17H,4,6,8-9,11H2,1-3H3. The van der Waals surface area contributed by atoms with Crippen LogP contribution in [-0.2, 0) is 0 Å². The Morgan fingerprint density at radius 2 is 2.06 bits per heavy atom. The molecule has 1 unspecified atom stereocenters. The lowest BCUT2D eigenvalue weighted by molar-refractivity contribution is 0.262. The Bertz CT molecular complexity index is 366. The fourth-order valence-electron chi connectivity index (χ4n) is 2.78. The van der Waals surface area contributed by atoms with Crippen LogP contribution < -0.4 is 5.32 Å². The topological polar surface area (TPSA) is 12.0 Å². The number of rotatable bonds is 5. The second-order valence-electron chi connectivity index (χ2n) is 5.43. The Morgan fingerprint density at radius 3 is 2.65 bits per heavy atom. The van der Waals surface area contributed by atoms with E-state index in [0.29, 0.717) is 6.04 Å². The molecule has 1 saturated carbocycles. The van der Waals surface area contributed by atoms with E-state index in [-0.39, 0.29) is 0 Å². The van der Waals surface area contributed by atoms with Crippen molar-refractivity contribution in [3.63, 3.8) is 0 Å². The van der Waals surface area contributed by atoms with E-state index in [9.17, 15) is 0 Å². The van der Waals surface area contributed by atoms with Gasteiger partial charge in [0.05, 0.1) is 0 Å². The number of hydrogen-bond donors (Lipinski definition) is 1. The minimum atomic E-state index is 0.560. The van der Waals surface area contributed by atoms with E-state index in [4.69, 9.17) is 0 Å². The molecule has 1 N–H and O–H groups in total. The molecule has 0 heterocycles. The van der Waals surface area contributed by atoms with Gasteiger partial charge in [-0.3, -0.25) is 0 Å². The highest BCUT2D eigenvalue weighted by atomic mass is 14.9. The van der Waals surface area contributed by atoms with Crippen molar-refractivity contribution in [2.24, 2.45) is 5.92 Å². The van der Waals surface area contributed by atoms with Gasteiger partial charge in [0.25, 0.3) is 0 Å². The molecule has 0 aromatic heterocycles. The van der Waals surface area contributed by atoms with Gasteiger partial charge in [0.1, 0.15) is 0 Å². The Kier molecular flexibility index (Phi) is 4.22.